The highest BCUT2D eigenvalue weighted by Crippen LogP contribution is 2.53. The Morgan fingerprint density at radius 2 is 1.80 bits per heavy atom. The van der Waals surface area contributed by atoms with Crippen LogP contribution in [0, 0.1) is 30.6 Å². The number of ether oxygens (including phenoxy) is 2. The molecule has 1 aliphatic heterocycles. The Labute approximate surface area is 145 Å². The predicted octanol–water partition coefficient (Wildman–Crippen LogP) is 1.86. The maximum Gasteiger partial charge on any atom is 0.343 e. The maximum atomic E-state index is 12.9. The second-order valence-electron chi connectivity index (χ2n) is 6.82. The summed E-state index contributed by atoms with van der Waals surface area (Å²) in [5, 5.41) is 0. The third-order valence-corrected chi connectivity index (χ3v) is 5.46. The van der Waals surface area contributed by atoms with Crippen LogP contribution in [0.25, 0.3) is 0 Å². The van der Waals surface area contributed by atoms with E-state index in [1.54, 1.807) is 18.2 Å². The molecule has 2 amide bonds. The second kappa shape index (κ2) is 5.72. The minimum absolute atomic E-state index is 0.0989. The van der Waals surface area contributed by atoms with E-state index < -0.39 is 5.97 Å². The highest BCUT2D eigenvalue weighted by molar-refractivity contribution is 6.23. The smallest absolute Gasteiger partial charge is 0.343 e. The van der Waals surface area contributed by atoms with Crippen LogP contribution < -0.4 is 9.64 Å². The second-order valence-corrected chi connectivity index (χ2v) is 6.82. The van der Waals surface area contributed by atoms with Crippen molar-refractivity contribution in [2.24, 2.45) is 23.7 Å². The van der Waals surface area contributed by atoms with Gasteiger partial charge in [-0.25, -0.2) is 9.69 Å². The van der Waals surface area contributed by atoms with Crippen molar-refractivity contribution in [3.63, 3.8) is 0 Å². The molecule has 4 rings (SSSR count). The summed E-state index contributed by atoms with van der Waals surface area (Å²) in [5.41, 5.74) is 1.35. The van der Waals surface area contributed by atoms with Crippen molar-refractivity contribution < 1.29 is 23.9 Å². The fraction of sp³-hybridized carbons (Fsp3) is 0.421. The van der Waals surface area contributed by atoms with E-state index >= 15 is 0 Å². The average molecular weight is 341 g/mol. The number of aryl methyl sites for hydroxylation is 1. The van der Waals surface area contributed by atoms with Crippen molar-refractivity contribution in [2.45, 2.75) is 13.3 Å². The first-order valence-electron chi connectivity index (χ1n) is 8.37. The molecule has 1 heterocycles. The number of nitrogens with zero attached hydrogens (tertiary/aromatic N) is 1. The van der Waals surface area contributed by atoms with E-state index in [4.69, 9.17) is 4.74 Å². The molecule has 130 valence electrons. The molecule has 1 aromatic carbocycles. The van der Waals surface area contributed by atoms with Crippen molar-refractivity contribution in [3.05, 3.63) is 35.9 Å². The van der Waals surface area contributed by atoms with Gasteiger partial charge in [-0.15, -0.1) is 0 Å². The molecule has 0 spiro atoms. The highest BCUT2D eigenvalue weighted by Gasteiger charge is 2.59. The van der Waals surface area contributed by atoms with Crippen LogP contribution in [-0.4, -0.2) is 31.5 Å². The summed E-state index contributed by atoms with van der Waals surface area (Å²) in [5.74, 6) is -0.209. The zero-order chi connectivity index (χ0) is 17.7. The Balaban J connectivity index is 1.57. The number of esters is 1. The summed E-state index contributed by atoms with van der Waals surface area (Å²) >= 11 is 0. The molecule has 0 N–H and O–H groups in total. The van der Waals surface area contributed by atoms with Gasteiger partial charge in [-0.3, -0.25) is 9.59 Å². The summed E-state index contributed by atoms with van der Waals surface area (Å²) < 4.78 is 9.89. The number of imide groups is 1. The lowest BCUT2D eigenvalue weighted by atomic mass is 9.85. The van der Waals surface area contributed by atoms with Gasteiger partial charge < -0.3 is 9.47 Å². The molecule has 0 radical (unpaired) electrons. The average Bonchev–Trinajstić information content (AvgIpc) is 3.28. The molecule has 6 heteroatoms. The third kappa shape index (κ3) is 2.35. The van der Waals surface area contributed by atoms with Gasteiger partial charge >= 0.3 is 5.97 Å². The molecule has 1 saturated carbocycles. The van der Waals surface area contributed by atoms with Gasteiger partial charge in [0.25, 0.3) is 0 Å². The van der Waals surface area contributed by atoms with E-state index in [0.717, 1.165) is 12.0 Å². The number of fused-ring (bicyclic) bond motifs is 5. The van der Waals surface area contributed by atoms with Crippen LogP contribution in [0.5, 0.6) is 5.75 Å². The van der Waals surface area contributed by atoms with Crippen LogP contribution in [0.15, 0.2) is 30.4 Å². The van der Waals surface area contributed by atoms with Gasteiger partial charge in [-0.1, -0.05) is 12.2 Å². The lowest BCUT2D eigenvalue weighted by Gasteiger charge is -2.20. The number of rotatable bonds is 4. The third-order valence-electron chi connectivity index (χ3n) is 5.46. The quantitative estimate of drug-likeness (QED) is 0.475. The van der Waals surface area contributed by atoms with Gasteiger partial charge in [0, 0.05) is 0 Å². The van der Waals surface area contributed by atoms with Gasteiger partial charge in [-0.2, -0.15) is 0 Å². The predicted molar refractivity (Wildman–Crippen MR) is 88.9 cm³/mol. The van der Waals surface area contributed by atoms with Crippen LogP contribution in [0.2, 0.25) is 0 Å². The van der Waals surface area contributed by atoms with E-state index in [0.29, 0.717) is 11.4 Å². The van der Waals surface area contributed by atoms with Crippen molar-refractivity contribution >= 4 is 23.5 Å². The molecule has 0 unspecified atom stereocenters. The zero-order valence-corrected chi connectivity index (χ0v) is 14.1. The van der Waals surface area contributed by atoms with Gasteiger partial charge in [0.2, 0.25) is 11.8 Å². The number of amides is 2. The fourth-order valence-electron chi connectivity index (χ4n) is 4.31. The Kier molecular flexibility index (Phi) is 3.63. The molecule has 2 fully saturated rings. The Morgan fingerprint density at radius 1 is 1.16 bits per heavy atom. The Hall–Kier alpha value is -2.63. The number of carbonyl (C=O) groups is 3. The normalized spacial score (nSPS) is 29.3. The van der Waals surface area contributed by atoms with Crippen LogP contribution in [-0.2, 0) is 19.1 Å². The number of hydrogen-bond acceptors (Lipinski definition) is 5. The first-order chi connectivity index (χ1) is 12.0. The van der Waals surface area contributed by atoms with E-state index in [-0.39, 0.29) is 42.1 Å². The van der Waals surface area contributed by atoms with Crippen molar-refractivity contribution in [1.29, 1.82) is 0 Å². The molecule has 2 aliphatic carbocycles. The zero-order valence-electron chi connectivity index (χ0n) is 14.1. The van der Waals surface area contributed by atoms with E-state index in [1.165, 1.54) is 12.0 Å². The number of hydrogen-bond donors (Lipinski definition) is 0. The Bertz CT molecular complexity index is 769. The number of benzene rings is 1. The lowest BCUT2D eigenvalue weighted by Crippen LogP contribution is -2.33. The maximum absolute atomic E-state index is 12.9. The topological polar surface area (TPSA) is 72.9 Å². The largest absolute Gasteiger partial charge is 0.482 e. The molecule has 25 heavy (non-hydrogen) atoms. The minimum atomic E-state index is -0.470. The van der Waals surface area contributed by atoms with E-state index in [2.05, 4.69) is 16.9 Å². The van der Waals surface area contributed by atoms with Gasteiger partial charge in [-0.05, 0) is 48.9 Å². The van der Waals surface area contributed by atoms with Crippen LogP contribution in [0.3, 0.4) is 0 Å². The number of anilines is 1. The molecule has 4 atom stereocenters. The number of allylic oxidation sites excluding steroid dienone is 2. The highest BCUT2D eigenvalue weighted by atomic mass is 16.6. The first kappa shape index (κ1) is 15.9. The summed E-state index contributed by atoms with van der Waals surface area (Å²) in [6.45, 7) is 1.64. The molecule has 2 bridgehead atoms. The summed E-state index contributed by atoms with van der Waals surface area (Å²) in [6, 6.07) is 5.08. The molecular formula is C19H19NO5. The summed E-state index contributed by atoms with van der Waals surface area (Å²) in [7, 11) is 1.30. The summed E-state index contributed by atoms with van der Waals surface area (Å²) in [6.07, 6.45) is 5.08. The van der Waals surface area contributed by atoms with E-state index in [1.807, 2.05) is 6.92 Å². The Morgan fingerprint density at radius 3 is 2.36 bits per heavy atom. The SMILES string of the molecule is COC(=O)COc1ccc(N2C(=O)[C@H]3[C@H](C2=O)[C@H]2C=C[C@H]3C2)c(C)c1. The molecular weight excluding hydrogens is 322 g/mol. The minimum Gasteiger partial charge on any atom is -0.482 e. The van der Waals surface area contributed by atoms with Crippen molar-refractivity contribution in [2.75, 3.05) is 18.6 Å². The molecule has 3 aliphatic rings. The van der Waals surface area contributed by atoms with Gasteiger partial charge in [0.1, 0.15) is 5.75 Å². The molecule has 1 aromatic rings. The molecule has 0 aromatic heterocycles. The molecule has 6 nitrogen and oxygen atoms in total. The van der Waals surface area contributed by atoms with E-state index in [9.17, 15) is 14.4 Å². The van der Waals surface area contributed by atoms with Crippen molar-refractivity contribution in [3.8, 4) is 5.75 Å². The number of carbonyl (C=O) groups excluding carboxylic acids is 3. The van der Waals surface area contributed by atoms with Crippen LogP contribution in [0.1, 0.15) is 12.0 Å². The van der Waals surface area contributed by atoms with Crippen molar-refractivity contribution in [1.82, 2.24) is 0 Å². The van der Waals surface area contributed by atoms with Gasteiger partial charge in [0.05, 0.1) is 24.6 Å². The fourth-order valence-corrected chi connectivity index (χ4v) is 4.31. The number of methoxy groups -OCH3 is 1. The lowest BCUT2D eigenvalue weighted by molar-refractivity contribution is -0.143. The monoisotopic (exact) mass is 341 g/mol. The first-order valence-corrected chi connectivity index (χ1v) is 8.37. The van der Waals surface area contributed by atoms with Gasteiger partial charge in [0.15, 0.2) is 6.61 Å². The molecule has 1 saturated heterocycles. The van der Waals surface area contributed by atoms with Crippen LogP contribution >= 0.6 is 0 Å². The van der Waals surface area contributed by atoms with Crippen LogP contribution in [0.4, 0.5) is 5.69 Å². The standard InChI is InChI=1S/C19H19NO5/c1-10-7-13(25-9-15(21)24-2)5-6-14(10)20-18(22)16-11-3-4-12(8-11)17(16)19(20)23/h3-7,11-12,16-17H,8-9H2,1-2H3/t11-,12-,16+,17+/m0/s1. The summed E-state index contributed by atoms with van der Waals surface area (Å²) in [4.78, 5) is 38.2.